The molecule has 0 unspecified atom stereocenters. The van der Waals surface area contributed by atoms with E-state index in [9.17, 15) is 0 Å². The van der Waals surface area contributed by atoms with Gasteiger partial charge >= 0.3 is 0 Å². The van der Waals surface area contributed by atoms with Crippen LogP contribution in [0.1, 0.15) is 12.5 Å². The first-order valence-electron chi connectivity index (χ1n) is 6.67. The van der Waals surface area contributed by atoms with Gasteiger partial charge in [0.15, 0.2) is 0 Å². The molecule has 1 heterocycles. The zero-order chi connectivity index (χ0) is 13.9. The van der Waals surface area contributed by atoms with Crippen LogP contribution >= 0.6 is 0 Å². The molecule has 100 valence electrons. The van der Waals surface area contributed by atoms with Gasteiger partial charge in [0.25, 0.3) is 0 Å². The van der Waals surface area contributed by atoms with Crippen LogP contribution in [0, 0.1) is 6.92 Å². The number of aliphatic imine (C=N–C) groups is 1. The summed E-state index contributed by atoms with van der Waals surface area (Å²) in [5.41, 5.74) is 5.32. The van der Waals surface area contributed by atoms with Crippen molar-refractivity contribution in [1.29, 1.82) is 0 Å². The van der Waals surface area contributed by atoms with Gasteiger partial charge in [-0.25, -0.2) is 4.99 Å². The number of aryl methyl sites for hydroxylation is 1. The van der Waals surface area contributed by atoms with Crippen molar-refractivity contribution in [2.75, 3.05) is 10.6 Å². The molecule has 2 aromatic rings. The first kappa shape index (κ1) is 12.5. The summed E-state index contributed by atoms with van der Waals surface area (Å²) in [6.07, 6.45) is 2.01. The van der Waals surface area contributed by atoms with E-state index in [1.807, 2.05) is 37.3 Å². The first-order chi connectivity index (χ1) is 9.70. The highest BCUT2D eigenvalue weighted by atomic mass is 15.0. The molecule has 0 amide bonds. The highest BCUT2D eigenvalue weighted by molar-refractivity contribution is 6.07. The Balaban J connectivity index is 1.94. The van der Waals surface area contributed by atoms with Gasteiger partial charge < -0.3 is 10.6 Å². The molecule has 0 spiro atoms. The van der Waals surface area contributed by atoms with Gasteiger partial charge in [-0.1, -0.05) is 29.8 Å². The van der Waals surface area contributed by atoms with Gasteiger partial charge in [-0.15, -0.1) is 0 Å². The number of amidine groups is 1. The van der Waals surface area contributed by atoms with Crippen LogP contribution in [0.15, 0.2) is 65.3 Å². The summed E-state index contributed by atoms with van der Waals surface area (Å²) >= 11 is 0. The summed E-state index contributed by atoms with van der Waals surface area (Å²) < 4.78 is 0. The van der Waals surface area contributed by atoms with Crippen LogP contribution in [-0.4, -0.2) is 5.84 Å². The van der Waals surface area contributed by atoms with Crippen LogP contribution in [0.3, 0.4) is 0 Å². The summed E-state index contributed by atoms with van der Waals surface area (Å²) in [5.74, 6) is 0.837. The fourth-order valence-electron chi connectivity index (χ4n) is 2.14. The van der Waals surface area contributed by atoms with Crippen LogP contribution in [0.4, 0.5) is 17.1 Å². The SMILES string of the molecule is CC1=CC(Nc2ccc(C)cc2)=Nc2ccccc2N1. The molecule has 3 heteroatoms. The summed E-state index contributed by atoms with van der Waals surface area (Å²) in [6, 6.07) is 16.3. The summed E-state index contributed by atoms with van der Waals surface area (Å²) in [7, 11) is 0. The Hall–Kier alpha value is -2.55. The molecule has 0 aliphatic carbocycles. The molecule has 0 bridgehead atoms. The Morgan fingerprint density at radius 1 is 0.950 bits per heavy atom. The van der Waals surface area contributed by atoms with Crippen molar-refractivity contribution in [2.45, 2.75) is 13.8 Å². The molecule has 2 aromatic carbocycles. The number of hydrogen-bond acceptors (Lipinski definition) is 3. The van der Waals surface area contributed by atoms with Gasteiger partial charge in [0.05, 0.1) is 11.4 Å². The smallest absolute Gasteiger partial charge is 0.132 e. The number of allylic oxidation sites excluding steroid dienone is 1. The Morgan fingerprint density at radius 2 is 1.70 bits per heavy atom. The Morgan fingerprint density at radius 3 is 2.50 bits per heavy atom. The highest BCUT2D eigenvalue weighted by Crippen LogP contribution is 2.28. The Kier molecular flexibility index (Phi) is 3.25. The molecular formula is C17H17N3. The molecule has 0 fully saturated rings. The molecule has 20 heavy (non-hydrogen) atoms. The minimum atomic E-state index is 0.837. The fraction of sp³-hybridized carbons (Fsp3) is 0.118. The zero-order valence-corrected chi connectivity index (χ0v) is 11.6. The minimum Gasteiger partial charge on any atom is -0.357 e. The van der Waals surface area contributed by atoms with E-state index in [4.69, 9.17) is 0 Å². The van der Waals surface area contributed by atoms with Crippen molar-refractivity contribution in [3.63, 3.8) is 0 Å². The van der Waals surface area contributed by atoms with Gasteiger partial charge in [0, 0.05) is 11.4 Å². The van der Waals surface area contributed by atoms with Crippen LogP contribution in [0.2, 0.25) is 0 Å². The number of para-hydroxylation sites is 2. The van der Waals surface area contributed by atoms with Crippen molar-refractivity contribution in [3.05, 3.63) is 65.9 Å². The topological polar surface area (TPSA) is 36.4 Å². The molecule has 0 saturated carbocycles. The molecular weight excluding hydrogens is 246 g/mol. The van der Waals surface area contributed by atoms with Gasteiger partial charge in [0.1, 0.15) is 5.84 Å². The van der Waals surface area contributed by atoms with E-state index in [2.05, 4.69) is 46.8 Å². The van der Waals surface area contributed by atoms with Crippen molar-refractivity contribution >= 4 is 22.9 Å². The van der Waals surface area contributed by atoms with E-state index in [1.165, 1.54) is 5.56 Å². The minimum absolute atomic E-state index is 0.837. The van der Waals surface area contributed by atoms with Crippen molar-refractivity contribution in [1.82, 2.24) is 0 Å². The summed E-state index contributed by atoms with van der Waals surface area (Å²) in [6.45, 7) is 4.12. The number of nitrogens with zero attached hydrogens (tertiary/aromatic N) is 1. The molecule has 0 radical (unpaired) electrons. The standard InChI is InChI=1S/C17H17N3/c1-12-7-9-14(10-8-12)19-17-11-13(2)18-15-5-3-4-6-16(15)20-17/h3-11,18H,1-2H3,(H,19,20). The van der Waals surface area contributed by atoms with Crippen LogP contribution in [-0.2, 0) is 0 Å². The molecule has 2 N–H and O–H groups in total. The van der Waals surface area contributed by atoms with Gasteiger partial charge in [-0.3, -0.25) is 0 Å². The van der Waals surface area contributed by atoms with E-state index in [-0.39, 0.29) is 0 Å². The summed E-state index contributed by atoms with van der Waals surface area (Å²) in [5, 5.41) is 6.71. The average molecular weight is 263 g/mol. The van der Waals surface area contributed by atoms with E-state index < -0.39 is 0 Å². The number of anilines is 2. The molecule has 0 saturated heterocycles. The number of hydrogen-bond donors (Lipinski definition) is 2. The van der Waals surface area contributed by atoms with Gasteiger partial charge in [0.2, 0.25) is 0 Å². The van der Waals surface area contributed by atoms with Crippen LogP contribution in [0.5, 0.6) is 0 Å². The number of nitrogens with one attached hydrogen (secondary N) is 2. The fourth-order valence-corrected chi connectivity index (χ4v) is 2.14. The molecule has 3 rings (SSSR count). The lowest BCUT2D eigenvalue weighted by molar-refractivity contribution is 1.39. The maximum atomic E-state index is 4.67. The summed E-state index contributed by atoms with van der Waals surface area (Å²) in [4.78, 5) is 4.67. The molecule has 1 aliphatic rings. The lowest BCUT2D eigenvalue weighted by Gasteiger charge is -2.06. The van der Waals surface area contributed by atoms with E-state index >= 15 is 0 Å². The Bertz CT molecular complexity index is 682. The predicted octanol–water partition coefficient (Wildman–Crippen LogP) is 4.47. The molecule has 0 atom stereocenters. The third kappa shape index (κ3) is 2.72. The molecule has 3 nitrogen and oxygen atoms in total. The maximum Gasteiger partial charge on any atom is 0.132 e. The lowest BCUT2D eigenvalue weighted by atomic mass is 10.2. The number of rotatable bonds is 1. The second kappa shape index (κ2) is 5.21. The highest BCUT2D eigenvalue weighted by Gasteiger charge is 2.08. The number of benzene rings is 2. The van der Waals surface area contributed by atoms with Gasteiger partial charge in [-0.2, -0.15) is 0 Å². The van der Waals surface area contributed by atoms with E-state index in [0.29, 0.717) is 0 Å². The third-order valence-corrected chi connectivity index (χ3v) is 3.15. The van der Waals surface area contributed by atoms with Crippen molar-refractivity contribution in [2.24, 2.45) is 4.99 Å². The normalized spacial score (nSPS) is 13.5. The lowest BCUT2D eigenvalue weighted by Crippen LogP contribution is -2.09. The van der Waals surface area contributed by atoms with Gasteiger partial charge in [-0.05, 0) is 44.2 Å². The second-order valence-electron chi connectivity index (χ2n) is 4.96. The Labute approximate surface area is 119 Å². The van der Waals surface area contributed by atoms with E-state index in [1.54, 1.807) is 0 Å². The average Bonchev–Trinajstić information content (AvgIpc) is 2.58. The molecule has 0 aromatic heterocycles. The first-order valence-corrected chi connectivity index (χ1v) is 6.67. The largest absolute Gasteiger partial charge is 0.357 e. The quantitative estimate of drug-likeness (QED) is 0.796. The van der Waals surface area contributed by atoms with Crippen molar-refractivity contribution < 1.29 is 0 Å². The monoisotopic (exact) mass is 263 g/mol. The second-order valence-corrected chi connectivity index (χ2v) is 4.96. The predicted molar refractivity (Wildman–Crippen MR) is 85.7 cm³/mol. The van der Waals surface area contributed by atoms with Crippen molar-refractivity contribution in [3.8, 4) is 0 Å². The third-order valence-electron chi connectivity index (χ3n) is 3.15. The molecule has 1 aliphatic heterocycles. The zero-order valence-electron chi connectivity index (χ0n) is 11.6. The maximum absolute atomic E-state index is 4.67. The number of fused-ring (bicyclic) bond motifs is 1. The van der Waals surface area contributed by atoms with Crippen LogP contribution < -0.4 is 10.6 Å². The van der Waals surface area contributed by atoms with E-state index in [0.717, 1.165) is 28.6 Å². The van der Waals surface area contributed by atoms with Crippen LogP contribution in [0.25, 0.3) is 0 Å².